The average Bonchev–Trinajstić information content (AvgIpc) is 3.48. The highest BCUT2D eigenvalue weighted by Gasteiger charge is 2.61. The van der Waals surface area contributed by atoms with Crippen LogP contribution in [0.4, 0.5) is 0 Å². The lowest BCUT2D eigenvalue weighted by atomic mass is 9.72. The third-order valence-corrected chi connectivity index (χ3v) is 8.24. The Kier molecular flexibility index (Phi) is 6.90. The smallest absolute Gasteiger partial charge is 0.310 e. The number of ether oxygens (including phenoxy) is 2. The van der Waals surface area contributed by atoms with Crippen LogP contribution in [0.25, 0.3) is 0 Å². The molecule has 6 atom stereocenters. The number of carbonyl (C=O) groups excluding carboxylic acids is 2. The van der Waals surface area contributed by atoms with Gasteiger partial charge in [-0.1, -0.05) is 78.4 Å². The average molecular weight is 471 g/mol. The Morgan fingerprint density at radius 3 is 2.14 bits per heavy atom. The molecule has 2 aromatic rings. The van der Waals surface area contributed by atoms with Gasteiger partial charge in [-0.05, 0) is 61.1 Å². The van der Waals surface area contributed by atoms with Crippen LogP contribution in [0.5, 0.6) is 0 Å². The van der Waals surface area contributed by atoms with E-state index in [0.29, 0.717) is 30.3 Å². The van der Waals surface area contributed by atoms with Gasteiger partial charge in [0.1, 0.15) is 6.10 Å². The van der Waals surface area contributed by atoms with Gasteiger partial charge in [0.25, 0.3) is 0 Å². The molecule has 0 radical (unpaired) electrons. The summed E-state index contributed by atoms with van der Waals surface area (Å²) in [6.45, 7) is 4.61. The van der Waals surface area contributed by atoms with Crippen molar-refractivity contribution < 1.29 is 19.1 Å². The Hall–Kier alpha value is -3.14. The van der Waals surface area contributed by atoms with Crippen LogP contribution >= 0.6 is 0 Å². The number of hydrogen-bond donors (Lipinski definition) is 0. The highest BCUT2D eigenvalue weighted by atomic mass is 16.6. The summed E-state index contributed by atoms with van der Waals surface area (Å²) in [5.41, 5.74) is 4.79. The number of esters is 2. The number of benzene rings is 2. The lowest BCUT2D eigenvalue weighted by molar-refractivity contribution is -0.160. The first-order valence-electron chi connectivity index (χ1n) is 12.8. The normalized spacial score (nSPS) is 29.0. The lowest BCUT2D eigenvalue weighted by Crippen LogP contribution is -2.42. The quantitative estimate of drug-likeness (QED) is 0.463. The van der Waals surface area contributed by atoms with Crippen molar-refractivity contribution in [2.45, 2.75) is 45.6 Å². The Labute approximate surface area is 208 Å². The highest BCUT2D eigenvalue weighted by molar-refractivity contribution is 5.73. The molecule has 5 unspecified atom stereocenters. The van der Waals surface area contributed by atoms with Crippen molar-refractivity contribution in [2.24, 2.45) is 29.6 Å². The molecule has 2 aromatic carbocycles. The topological polar surface area (TPSA) is 52.6 Å². The molecule has 4 heteroatoms. The van der Waals surface area contributed by atoms with Gasteiger partial charge in [-0.25, -0.2) is 0 Å². The van der Waals surface area contributed by atoms with Gasteiger partial charge < -0.3 is 9.47 Å². The van der Waals surface area contributed by atoms with Gasteiger partial charge in [0, 0.05) is 11.8 Å². The Bertz CT molecular complexity index is 1120. The molecule has 2 saturated carbocycles. The molecule has 0 N–H and O–H groups in total. The Morgan fingerprint density at radius 2 is 1.51 bits per heavy atom. The predicted molar refractivity (Wildman–Crippen MR) is 135 cm³/mol. The summed E-state index contributed by atoms with van der Waals surface area (Å²) < 4.78 is 12.0. The van der Waals surface area contributed by atoms with Crippen molar-refractivity contribution in [3.63, 3.8) is 0 Å². The molecule has 3 aliphatic carbocycles. The van der Waals surface area contributed by atoms with Gasteiger partial charge in [0.2, 0.25) is 0 Å². The predicted octanol–water partition coefficient (Wildman–Crippen LogP) is 5.72. The van der Waals surface area contributed by atoms with Gasteiger partial charge in [-0.3, -0.25) is 9.59 Å². The van der Waals surface area contributed by atoms with Crippen LogP contribution in [-0.4, -0.2) is 24.6 Å². The van der Waals surface area contributed by atoms with E-state index in [4.69, 9.17) is 9.47 Å². The van der Waals surface area contributed by atoms with Gasteiger partial charge in [-0.15, -0.1) is 0 Å². The molecule has 0 amide bonds. The molecule has 0 aliphatic heterocycles. The van der Waals surface area contributed by atoms with Crippen LogP contribution in [0.2, 0.25) is 0 Å². The van der Waals surface area contributed by atoms with Crippen molar-refractivity contribution in [2.75, 3.05) is 6.61 Å². The summed E-state index contributed by atoms with van der Waals surface area (Å²) in [5.74, 6) is 1.29. The third-order valence-electron chi connectivity index (χ3n) is 8.24. The molecule has 2 bridgehead atoms. The molecule has 4 nitrogen and oxygen atoms in total. The monoisotopic (exact) mass is 470 g/mol. The maximum absolute atomic E-state index is 12.9. The Balaban J connectivity index is 1.31. The van der Waals surface area contributed by atoms with E-state index in [0.717, 1.165) is 24.0 Å². The molecule has 2 fully saturated rings. The minimum absolute atomic E-state index is 0.0341. The summed E-state index contributed by atoms with van der Waals surface area (Å²) in [4.78, 5) is 25.6. The van der Waals surface area contributed by atoms with E-state index in [-0.39, 0.29) is 36.8 Å². The van der Waals surface area contributed by atoms with Gasteiger partial charge in [0.15, 0.2) is 0 Å². The lowest BCUT2D eigenvalue weighted by Gasteiger charge is -2.38. The minimum atomic E-state index is -0.225. The molecule has 0 spiro atoms. The third kappa shape index (κ3) is 4.84. The van der Waals surface area contributed by atoms with Crippen LogP contribution in [0.1, 0.15) is 37.8 Å². The number of allylic oxidation sites excluding steroid dienone is 4. The van der Waals surface area contributed by atoms with Gasteiger partial charge in [0.05, 0.1) is 19.4 Å². The zero-order chi connectivity index (χ0) is 24.4. The van der Waals surface area contributed by atoms with E-state index < -0.39 is 0 Å². The zero-order valence-electron chi connectivity index (χ0n) is 20.6. The highest BCUT2D eigenvalue weighted by Crippen LogP contribution is 2.63. The van der Waals surface area contributed by atoms with Crippen molar-refractivity contribution in [3.05, 3.63) is 95.1 Å². The second-order valence-electron chi connectivity index (χ2n) is 10.3. The number of hydrogen-bond acceptors (Lipinski definition) is 4. The van der Waals surface area contributed by atoms with E-state index in [1.165, 1.54) is 11.1 Å². The van der Waals surface area contributed by atoms with Crippen LogP contribution in [-0.2, 0) is 31.9 Å². The first-order valence-corrected chi connectivity index (χ1v) is 12.8. The summed E-state index contributed by atoms with van der Waals surface area (Å²) >= 11 is 0. The maximum Gasteiger partial charge on any atom is 0.310 e. The minimum Gasteiger partial charge on any atom is -0.465 e. The summed E-state index contributed by atoms with van der Waals surface area (Å²) in [5, 5.41) is 0. The van der Waals surface area contributed by atoms with E-state index in [9.17, 15) is 9.59 Å². The molecule has 0 heterocycles. The molecule has 182 valence electrons. The Morgan fingerprint density at radius 1 is 0.886 bits per heavy atom. The van der Waals surface area contributed by atoms with Crippen LogP contribution < -0.4 is 0 Å². The fourth-order valence-corrected chi connectivity index (χ4v) is 6.88. The van der Waals surface area contributed by atoms with Crippen molar-refractivity contribution >= 4 is 11.9 Å². The molecule has 0 aromatic heterocycles. The van der Waals surface area contributed by atoms with E-state index in [2.05, 4.69) is 26.0 Å². The van der Waals surface area contributed by atoms with Gasteiger partial charge in [-0.2, -0.15) is 0 Å². The summed E-state index contributed by atoms with van der Waals surface area (Å²) in [6, 6.07) is 19.4. The van der Waals surface area contributed by atoms with E-state index in [1.807, 2.05) is 60.7 Å². The molecule has 3 aliphatic rings. The SMILES string of the molecule is C/C=C\C1=C(C)CC2C1C1CC2[C@@H](OC(=O)Cc2ccccc2)C1COC(=O)Cc1ccccc1. The number of carbonyl (C=O) groups is 2. The van der Waals surface area contributed by atoms with Crippen molar-refractivity contribution in [1.82, 2.24) is 0 Å². The van der Waals surface area contributed by atoms with E-state index >= 15 is 0 Å². The fraction of sp³-hybridized carbons (Fsp3) is 0.419. The number of rotatable bonds is 8. The van der Waals surface area contributed by atoms with Crippen molar-refractivity contribution in [3.8, 4) is 0 Å². The van der Waals surface area contributed by atoms with Crippen molar-refractivity contribution in [1.29, 1.82) is 0 Å². The van der Waals surface area contributed by atoms with Crippen LogP contribution in [0.3, 0.4) is 0 Å². The number of fused-ring (bicyclic) bond motifs is 5. The second-order valence-corrected chi connectivity index (χ2v) is 10.3. The molecule has 35 heavy (non-hydrogen) atoms. The van der Waals surface area contributed by atoms with Crippen LogP contribution in [0.15, 0.2) is 84.0 Å². The second kappa shape index (κ2) is 10.2. The summed E-state index contributed by atoms with van der Waals surface area (Å²) in [6.07, 6.45) is 6.82. The first kappa shape index (κ1) is 23.6. The molecule has 0 saturated heterocycles. The first-order chi connectivity index (χ1) is 17.0. The summed E-state index contributed by atoms with van der Waals surface area (Å²) in [7, 11) is 0. The zero-order valence-corrected chi connectivity index (χ0v) is 20.6. The van der Waals surface area contributed by atoms with Gasteiger partial charge >= 0.3 is 11.9 Å². The van der Waals surface area contributed by atoms with E-state index in [1.54, 1.807) is 0 Å². The molecule has 5 rings (SSSR count). The largest absolute Gasteiger partial charge is 0.465 e. The van der Waals surface area contributed by atoms with Crippen LogP contribution in [0, 0.1) is 29.6 Å². The molecular weight excluding hydrogens is 436 g/mol. The molecular formula is C31H34O4. The fourth-order valence-electron chi connectivity index (χ4n) is 6.88. The standard InChI is InChI=1S/C31H34O4/c1-3-10-23-20(2)15-24-26-18-25(30(23)24)27(19-34-28(32)16-21-11-6-4-7-12-21)31(26)35-29(33)17-22-13-8-5-9-14-22/h3-14,24-27,30-31H,15-19H2,1-2H3/b10-3-/t24?,25?,26?,27?,30?,31-/m1/s1. The maximum atomic E-state index is 12.9.